The van der Waals surface area contributed by atoms with Crippen LogP contribution in [0.2, 0.25) is 0 Å². The van der Waals surface area contributed by atoms with Crippen molar-refractivity contribution in [2.75, 3.05) is 14.2 Å². The lowest BCUT2D eigenvalue weighted by Gasteiger charge is -2.39. The molecule has 4 nitrogen and oxygen atoms in total. The SMILES string of the molecule is COc1ccc([C@@H]2CC[C@H]3CCC[C@H]3N2O)cc1OC. The Kier molecular flexibility index (Phi) is 3.85. The molecule has 20 heavy (non-hydrogen) atoms. The van der Waals surface area contributed by atoms with E-state index in [9.17, 15) is 5.21 Å². The van der Waals surface area contributed by atoms with Gasteiger partial charge in [0.15, 0.2) is 11.5 Å². The topological polar surface area (TPSA) is 41.9 Å². The maximum atomic E-state index is 10.5. The van der Waals surface area contributed by atoms with Gasteiger partial charge in [-0.25, -0.2) is 0 Å². The molecule has 0 bridgehead atoms. The highest BCUT2D eigenvalue weighted by Gasteiger charge is 2.40. The zero-order valence-electron chi connectivity index (χ0n) is 12.2. The Balaban J connectivity index is 1.85. The summed E-state index contributed by atoms with van der Waals surface area (Å²) < 4.78 is 10.6. The second kappa shape index (κ2) is 5.62. The third kappa shape index (κ3) is 2.27. The fourth-order valence-corrected chi connectivity index (χ4v) is 3.82. The molecule has 1 aliphatic carbocycles. The smallest absolute Gasteiger partial charge is 0.161 e. The van der Waals surface area contributed by atoms with E-state index in [1.165, 1.54) is 19.3 Å². The molecule has 2 fully saturated rings. The summed E-state index contributed by atoms with van der Waals surface area (Å²) in [6.07, 6.45) is 5.84. The molecule has 1 N–H and O–H groups in total. The largest absolute Gasteiger partial charge is 0.493 e. The lowest BCUT2D eigenvalue weighted by molar-refractivity contribution is -0.189. The van der Waals surface area contributed by atoms with Crippen LogP contribution in [0.15, 0.2) is 18.2 Å². The van der Waals surface area contributed by atoms with Crippen LogP contribution in [0.3, 0.4) is 0 Å². The van der Waals surface area contributed by atoms with Crippen LogP contribution in [-0.2, 0) is 0 Å². The van der Waals surface area contributed by atoms with Gasteiger partial charge < -0.3 is 14.7 Å². The molecule has 0 unspecified atom stereocenters. The summed E-state index contributed by atoms with van der Waals surface area (Å²) in [7, 11) is 3.28. The van der Waals surface area contributed by atoms with E-state index >= 15 is 0 Å². The molecule has 110 valence electrons. The van der Waals surface area contributed by atoms with Gasteiger partial charge in [-0.15, -0.1) is 0 Å². The molecule has 3 rings (SSSR count). The molecule has 0 amide bonds. The molecule has 0 spiro atoms. The normalized spacial score (nSPS) is 30.1. The van der Waals surface area contributed by atoms with Gasteiger partial charge in [0.25, 0.3) is 0 Å². The first kappa shape index (κ1) is 13.7. The molecule has 2 aliphatic rings. The number of methoxy groups -OCH3 is 2. The van der Waals surface area contributed by atoms with Gasteiger partial charge >= 0.3 is 0 Å². The van der Waals surface area contributed by atoms with Crippen molar-refractivity contribution in [2.24, 2.45) is 5.92 Å². The predicted molar refractivity (Wildman–Crippen MR) is 76.3 cm³/mol. The van der Waals surface area contributed by atoms with Crippen molar-refractivity contribution >= 4 is 0 Å². The van der Waals surface area contributed by atoms with Gasteiger partial charge in [-0.05, 0) is 49.3 Å². The Labute approximate surface area is 120 Å². The van der Waals surface area contributed by atoms with Crippen molar-refractivity contribution in [3.05, 3.63) is 23.8 Å². The molecule has 1 saturated heterocycles. The number of fused-ring (bicyclic) bond motifs is 1. The van der Waals surface area contributed by atoms with Crippen molar-refractivity contribution < 1.29 is 14.7 Å². The number of hydroxylamine groups is 2. The van der Waals surface area contributed by atoms with Crippen LogP contribution >= 0.6 is 0 Å². The molecule has 4 heteroatoms. The highest BCUT2D eigenvalue weighted by molar-refractivity contribution is 5.43. The number of piperidine rings is 1. The highest BCUT2D eigenvalue weighted by atomic mass is 16.5. The fourth-order valence-electron chi connectivity index (χ4n) is 3.82. The lowest BCUT2D eigenvalue weighted by atomic mass is 9.86. The van der Waals surface area contributed by atoms with E-state index in [0.29, 0.717) is 12.0 Å². The van der Waals surface area contributed by atoms with Gasteiger partial charge in [0.2, 0.25) is 0 Å². The van der Waals surface area contributed by atoms with Crippen LogP contribution in [0, 0.1) is 5.92 Å². The van der Waals surface area contributed by atoms with Gasteiger partial charge in [-0.2, -0.15) is 5.06 Å². The van der Waals surface area contributed by atoms with Crippen molar-refractivity contribution in [1.82, 2.24) is 5.06 Å². The van der Waals surface area contributed by atoms with Gasteiger partial charge in [-0.3, -0.25) is 0 Å². The van der Waals surface area contributed by atoms with Gasteiger partial charge in [0.05, 0.1) is 20.3 Å². The molecule has 1 aromatic rings. The van der Waals surface area contributed by atoms with Crippen molar-refractivity contribution in [1.29, 1.82) is 0 Å². The van der Waals surface area contributed by atoms with Gasteiger partial charge in [-0.1, -0.05) is 12.5 Å². The van der Waals surface area contributed by atoms with Crippen LogP contribution in [0.25, 0.3) is 0 Å². The summed E-state index contributed by atoms with van der Waals surface area (Å²) in [5.41, 5.74) is 1.11. The number of hydrogen-bond acceptors (Lipinski definition) is 4. The number of rotatable bonds is 3. The van der Waals surface area contributed by atoms with Gasteiger partial charge in [0.1, 0.15) is 0 Å². The molecule has 1 aliphatic heterocycles. The molecule has 1 saturated carbocycles. The minimum Gasteiger partial charge on any atom is -0.493 e. The predicted octanol–water partition coefficient (Wildman–Crippen LogP) is 3.40. The van der Waals surface area contributed by atoms with E-state index in [-0.39, 0.29) is 6.04 Å². The van der Waals surface area contributed by atoms with Gasteiger partial charge in [0, 0.05) is 6.04 Å². The molecule has 0 radical (unpaired) electrons. The summed E-state index contributed by atoms with van der Waals surface area (Å²) in [4.78, 5) is 0. The highest BCUT2D eigenvalue weighted by Crippen LogP contribution is 2.44. The van der Waals surface area contributed by atoms with Crippen LogP contribution in [0.1, 0.15) is 43.7 Å². The average Bonchev–Trinajstić information content (AvgIpc) is 2.96. The number of hydrogen-bond donors (Lipinski definition) is 1. The fraction of sp³-hybridized carbons (Fsp3) is 0.625. The summed E-state index contributed by atoms with van der Waals surface area (Å²) in [5.74, 6) is 2.14. The Morgan fingerprint density at radius 1 is 1.05 bits per heavy atom. The van der Waals surface area contributed by atoms with Crippen molar-refractivity contribution in [3.63, 3.8) is 0 Å². The molecule has 1 aromatic carbocycles. The first-order valence-corrected chi connectivity index (χ1v) is 7.43. The molecular weight excluding hydrogens is 254 g/mol. The quantitative estimate of drug-likeness (QED) is 0.919. The maximum Gasteiger partial charge on any atom is 0.161 e. The number of ether oxygens (including phenoxy) is 2. The van der Waals surface area contributed by atoms with E-state index in [4.69, 9.17) is 9.47 Å². The minimum atomic E-state index is 0.0779. The second-order valence-corrected chi connectivity index (χ2v) is 5.85. The zero-order valence-corrected chi connectivity index (χ0v) is 12.2. The molecular formula is C16H23NO3. The van der Waals surface area contributed by atoms with Crippen molar-refractivity contribution in [3.8, 4) is 11.5 Å². The Hall–Kier alpha value is -1.26. The van der Waals surface area contributed by atoms with Crippen LogP contribution in [0.5, 0.6) is 11.5 Å². The van der Waals surface area contributed by atoms with E-state index in [0.717, 1.165) is 29.9 Å². The molecule has 1 heterocycles. The van der Waals surface area contributed by atoms with E-state index in [1.807, 2.05) is 18.2 Å². The van der Waals surface area contributed by atoms with E-state index in [1.54, 1.807) is 19.3 Å². The monoisotopic (exact) mass is 277 g/mol. The number of nitrogens with zero attached hydrogens (tertiary/aromatic N) is 1. The average molecular weight is 277 g/mol. The molecule has 3 atom stereocenters. The van der Waals surface area contributed by atoms with E-state index in [2.05, 4.69) is 0 Å². The summed E-state index contributed by atoms with van der Waals surface area (Å²) in [6.45, 7) is 0. The third-order valence-electron chi connectivity index (χ3n) is 4.88. The Morgan fingerprint density at radius 2 is 1.85 bits per heavy atom. The Morgan fingerprint density at radius 3 is 2.60 bits per heavy atom. The van der Waals surface area contributed by atoms with Crippen LogP contribution < -0.4 is 9.47 Å². The van der Waals surface area contributed by atoms with Crippen molar-refractivity contribution in [2.45, 2.75) is 44.2 Å². The summed E-state index contributed by atoms with van der Waals surface area (Å²) in [5, 5.41) is 12.1. The third-order valence-corrected chi connectivity index (χ3v) is 4.88. The Bertz CT molecular complexity index is 477. The van der Waals surface area contributed by atoms with Crippen LogP contribution in [-0.4, -0.2) is 30.5 Å². The van der Waals surface area contributed by atoms with Crippen LogP contribution in [0.4, 0.5) is 0 Å². The second-order valence-electron chi connectivity index (χ2n) is 5.85. The first-order valence-electron chi connectivity index (χ1n) is 7.43. The minimum absolute atomic E-state index is 0.0779. The molecule has 0 aromatic heterocycles. The first-order chi connectivity index (χ1) is 9.74. The number of benzene rings is 1. The van der Waals surface area contributed by atoms with E-state index < -0.39 is 0 Å². The summed E-state index contributed by atoms with van der Waals surface area (Å²) >= 11 is 0. The lowest BCUT2D eigenvalue weighted by Crippen LogP contribution is -2.42. The standard InChI is InChI=1S/C16H23NO3/c1-19-15-9-7-12(10-16(15)20-2)14-8-6-11-4-3-5-13(11)17(14)18/h7,9-11,13-14,18H,3-6,8H2,1-2H3/t11-,13-,14+/m1/s1. The maximum absolute atomic E-state index is 10.5. The summed E-state index contributed by atoms with van der Waals surface area (Å²) in [6, 6.07) is 6.35. The zero-order chi connectivity index (χ0) is 14.1.